The highest BCUT2D eigenvalue weighted by molar-refractivity contribution is 9.10. The Morgan fingerprint density at radius 1 is 1.41 bits per heavy atom. The van der Waals surface area contributed by atoms with E-state index in [0.29, 0.717) is 17.3 Å². The molecule has 88 valence electrons. The number of hydrogen-bond acceptors (Lipinski definition) is 3. The summed E-state index contributed by atoms with van der Waals surface area (Å²) in [6.07, 6.45) is 0.357. The minimum atomic E-state index is -0.417. The first kappa shape index (κ1) is 12.1. The third kappa shape index (κ3) is 2.68. The number of hydrogen-bond donors (Lipinski definition) is 2. The minimum Gasteiger partial charge on any atom is -0.492 e. The fourth-order valence-electron chi connectivity index (χ4n) is 1.40. The van der Waals surface area contributed by atoms with Crippen LogP contribution in [0.4, 0.5) is 0 Å². The standard InChI is InChI=1S/C11H8BrClN2O2/c12-9-10(16)14-8(15-11(9)17)5-6-3-1-2-4-7(6)13/h1-4H,5H2,(H2,14,15,16,17). The van der Waals surface area contributed by atoms with Gasteiger partial charge in [-0.05, 0) is 27.6 Å². The molecule has 0 aliphatic carbocycles. The fraction of sp³-hybridized carbons (Fsp3) is 0.0909. The second-order valence-electron chi connectivity index (χ2n) is 3.42. The van der Waals surface area contributed by atoms with E-state index < -0.39 is 5.56 Å². The summed E-state index contributed by atoms with van der Waals surface area (Å²) in [5.41, 5.74) is 0.415. The Kier molecular flexibility index (Phi) is 3.49. The lowest BCUT2D eigenvalue weighted by Gasteiger charge is -2.04. The van der Waals surface area contributed by atoms with Gasteiger partial charge in [-0.2, -0.15) is 4.98 Å². The number of rotatable bonds is 2. The molecule has 0 amide bonds. The van der Waals surface area contributed by atoms with E-state index in [2.05, 4.69) is 25.9 Å². The summed E-state index contributed by atoms with van der Waals surface area (Å²) in [6, 6.07) is 7.26. The second-order valence-corrected chi connectivity index (χ2v) is 4.62. The van der Waals surface area contributed by atoms with Gasteiger partial charge in [0.1, 0.15) is 10.3 Å². The molecule has 2 rings (SSSR count). The maximum absolute atomic E-state index is 11.4. The normalized spacial score (nSPS) is 10.5. The van der Waals surface area contributed by atoms with Crippen LogP contribution >= 0.6 is 27.5 Å². The molecule has 2 N–H and O–H groups in total. The molecule has 0 atom stereocenters. The first-order valence-electron chi connectivity index (χ1n) is 4.79. The Morgan fingerprint density at radius 3 is 2.76 bits per heavy atom. The monoisotopic (exact) mass is 314 g/mol. The largest absolute Gasteiger partial charge is 0.492 e. The topological polar surface area (TPSA) is 66.0 Å². The summed E-state index contributed by atoms with van der Waals surface area (Å²) in [6.45, 7) is 0. The van der Waals surface area contributed by atoms with Gasteiger partial charge in [-0.1, -0.05) is 29.8 Å². The zero-order chi connectivity index (χ0) is 12.4. The van der Waals surface area contributed by atoms with Crippen molar-refractivity contribution in [2.45, 2.75) is 6.42 Å². The molecule has 0 saturated carbocycles. The maximum atomic E-state index is 11.4. The summed E-state index contributed by atoms with van der Waals surface area (Å²) < 4.78 is 0.0282. The molecular weight excluding hydrogens is 307 g/mol. The number of halogens is 2. The van der Waals surface area contributed by atoms with Gasteiger partial charge in [0.2, 0.25) is 5.88 Å². The van der Waals surface area contributed by atoms with Crippen molar-refractivity contribution in [2.24, 2.45) is 0 Å². The SMILES string of the molecule is O=c1[nH]c(Cc2ccccc2Cl)nc(O)c1Br. The van der Waals surface area contributed by atoms with Crippen molar-refractivity contribution in [3.05, 3.63) is 55.5 Å². The molecule has 0 aliphatic rings. The van der Waals surface area contributed by atoms with E-state index in [0.717, 1.165) is 5.56 Å². The van der Waals surface area contributed by atoms with E-state index >= 15 is 0 Å². The lowest BCUT2D eigenvalue weighted by atomic mass is 10.1. The lowest BCUT2D eigenvalue weighted by Crippen LogP contribution is -2.12. The van der Waals surface area contributed by atoms with Gasteiger partial charge < -0.3 is 10.1 Å². The van der Waals surface area contributed by atoms with Gasteiger partial charge in [0.05, 0.1) is 0 Å². The van der Waals surface area contributed by atoms with Crippen LogP contribution in [-0.4, -0.2) is 15.1 Å². The van der Waals surface area contributed by atoms with Gasteiger partial charge in [-0.25, -0.2) is 0 Å². The quantitative estimate of drug-likeness (QED) is 0.895. The first-order valence-corrected chi connectivity index (χ1v) is 5.96. The summed E-state index contributed by atoms with van der Waals surface area (Å²) in [5, 5.41) is 10.0. The van der Waals surface area contributed by atoms with Gasteiger partial charge in [0.15, 0.2) is 0 Å². The Bertz CT molecular complexity index is 613. The molecule has 0 bridgehead atoms. The smallest absolute Gasteiger partial charge is 0.269 e. The van der Waals surface area contributed by atoms with Crippen LogP contribution in [0.5, 0.6) is 5.88 Å². The average molecular weight is 316 g/mol. The van der Waals surface area contributed by atoms with Crippen LogP contribution < -0.4 is 5.56 Å². The summed E-state index contributed by atoms with van der Waals surface area (Å²) in [7, 11) is 0. The lowest BCUT2D eigenvalue weighted by molar-refractivity contribution is 0.444. The molecule has 0 fully saturated rings. The number of H-pyrrole nitrogens is 1. The zero-order valence-electron chi connectivity index (χ0n) is 8.58. The number of nitrogens with zero attached hydrogens (tertiary/aromatic N) is 1. The molecule has 17 heavy (non-hydrogen) atoms. The van der Waals surface area contributed by atoms with Crippen LogP contribution in [-0.2, 0) is 6.42 Å². The summed E-state index contributed by atoms with van der Waals surface area (Å²) >= 11 is 8.92. The Hall–Kier alpha value is -1.33. The van der Waals surface area contributed by atoms with Crippen molar-refractivity contribution in [1.29, 1.82) is 0 Å². The Morgan fingerprint density at radius 2 is 2.12 bits per heavy atom. The van der Waals surface area contributed by atoms with E-state index in [4.69, 9.17) is 11.6 Å². The predicted octanol–water partition coefficient (Wildman–Crippen LogP) is 2.48. The van der Waals surface area contributed by atoms with Crippen LogP contribution in [0.15, 0.2) is 33.5 Å². The number of aromatic amines is 1. The average Bonchev–Trinajstić information content (AvgIpc) is 2.29. The molecule has 1 aromatic carbocycles. The highest BCUT2D eigenvalue weighted by atomic mass is 79.9. The first-order chi connectivity index (χ1) is 8.08. The molecule has 2 aromatic rings. The molecule has 0 spiro atoms. The van der Waals surface area contributed by atoms with Gasteiger partial charge in [-0.15, -0.1) is 0 Å². The van der Waals surface area contributed by atoms with E-state index in [1.54, 1.807) is 6.07 Å². The Balaban J connectivity index is 2.38. The number of aromatic hydroxyl groups is 1. The number of aromatic nitrogens is 2. The van der Waals surface area contributed by atoms with Crippen LogP contribution in [0.2, 0.25) is 5.02 Å². The molecule has 0 unspecified atom stereocenters. The molecule has 0 saturated heterocycles. The summed E-state index contributed by atoms with van der Waals surface area (Å²) in [4.78, 5) is 17.8. The second kappa shape index (κ2) is 4.89. The molecular formula is C11H8BrClN2O2. The highest BCUT2D eigenvalue weighted by Gasteiger charge is 2.09. The van der Waals surface area contributed by atoms with Crippen molar-refractivity contribution in [2.75, 3.05) is 0 Å². The van der Waals surface area contributed by atoms with E-state index in [9.17, 15) is 9.90 Å². The molecule has 0 aliphatic heterocycles. The van der Waals surface area contributed by atoms with E-state index in [1.165, 1.54) is 0 Å². The van der Waals surface area contributed by atoms with Crippen LogP contribution in [0, 0.1) is 0 Å². The van der Waals surface area contributed by atoms with Gasteiger partial charge in [0, 0.05) is 11.4 Å². The Labute approximate surface area is 110 Å². The minimum absolute atomic E-state index is 0.0282. The van der Waals surface area contributed by atoms with Crippen molar-refractivity contribution in [3.8, 4) is 5.88 Å². The van der Waals surface area contributed by atoms with E-state index in [-0.39, 0.29) is 10.4 Å². The van der Waals surface area contributed by atoms with Crippen LogP contribution in [0.25, 0.3) is 0 Å². The third-order valence-electron chi connectivity index (χ3n) is 2.21. The van der Waals surface area contributed by atoms with Crippen molar-refractivity contribution in [1.82, 2.24) is 9.97 Å². The maximum Gasteiger partial charge on any atom is 0.269 e. The highest BCUT2D eigenvalue weighted by Crippen LogP contribution is 2.19. The number of benzene rings is 1. The molecule has 6 heteroatoms. The van der Waals surface area contributed by atoms with Crippen LogP contribution in [0.1, 0.15) is 11.4 Å². The molecule has 4 nitrogen and oxygen atoms in total. The fourth-order valence-corrected chi connectivity index (χ4v) is 1.79. The van der Waals surface area contributed by atoms with Gasteiger partial charge in [0.25, 0.3) is 5.56 Å². The third-order valence-corrected chi connectivity index (χ3v) is 3.29. The van der Waals surface area contributed by atoms with Gasteiger partial charge in [-0.3, -0.25) is 4.79 Å². The van der Waals surface area contributed by atoms with Crippen molar-refractivity contribution >= 4 is 27.5 Å². The van der Waals surface area contributed by atoms with Crippen molar-refractivity contribution in [3.63, 3.8) is 0 Å². The predicted molar refractivity (Wildman–Crippen MR) is 68.5 cm³/mol. The molecule has 0 radical (unpaired) electrons. The summed E-state index contributed by atoms with van der Waals surface area (Å²) in [5.74, 6) is 0.0413. The van der Waals surface area contributed by atoms with Crippen molar-refractivity contribution < 1.29 is 5.11 Å². The van der Waals surface area contributed by atoms with Crippen LogP contribution in [0.3, 0.4) is 0 Å². The number of nitrogens with one attached hydrogen (secondary N) is 1. The molecule has 1 heterocycles. The van der Waals surface area contributed by atoms with E-state index in [1.807, 2.05) is 18.2 Å². The van der Waals surface area contributed by atoms with Gasteiger partial charge >= 0.3 is 0 Å². The molecule has 1 aromatic heterocycles. The zero-order valence-corrected chi connectivity index (χ0v) is 10.9.